The standard InChI is InChI=1S/C18H13ClFNO/c19-15-5-1-13(2-6-15)17-9-12(11-22)10-18(21-17)14-3-7-16(20)8-4-14/h1-10,22H,11H2. The van der Waals surface area contributed by atoms with Crippen molar-refractivity contribution in [2.75, 3.05) is 0 Å². The van der Waals surface area contributed by atoms with E-state index in [0.717, 1.165) is 22.4 Å². The Morgan fingerprint density at radius 3 is 1.86 bits per heavy atom. The number of aromatic nitrogens is 1. The first-order valence-electron chi connectivity index (χ1n) is 6.79. The summed E-state index contributed by atoms with van der Waals surface area (Å²) in [5.41, 5.74) is 3.88. The molecule has 0 unspecified atom stereocenters. The summed E-state index contributed by atoms with van der Waals surface area (Å²) in [4.78, 5) is 4.60. The average molecular weight is 314 g/mol. The quantitative estimate of drug-likeness (QED) is 0.760. The van der Waals surface area contributed by atoms with Crippen LogP contribution in [0.15, 0.2) is 60.7 Å². The molecule has 110 valence electrons. The summed E-state index contributed by atoms with van der Waals surface area (Å²) in [5.74, 6) is -0.292. The minimum absolute atomic E-state index is 0.0860. The highest BCUT2D eigenvalue weighted by Crippen LogP contribution is 2.26. The largest absolute Gasteiger partial charge is 0.392 e. The molecule has 0 atom stereocenters. The summed E-state index contributed by atoms with van der Waals surface area (Å²) in [6, 6.07) is 17.1. The number of hydrogen-bond acceptors (Lipinski definition) is 2. The fourth-order valence-electron chi connectivity index (χ4n) is 2.22. The van der Waals surface area contributed by atoms with Crippen LogP contribution in [0.4, 0.5) is 4.39 Å². The predicted octanol–water partition coefficient (Wildman–Crippen LogP) is 4.70. The second-order valence-electron chi connectivity index (χ2n) is 4.92. The van der Waals surface area contributed by atoms with Crippen molar-refractivity contribution < 1.29 is 9.50 Å². The molecule has 2 aromatic carbocycles. The fourth-order valence-corrected chi connectivity index (χ4v) is 2.34. The van der Waals surface area contributed by atoms with Crippen molar-refractivity contribution in [2.45, 2.75) is 6.61 Å². The zero-order chi connectivity index (χ0) is 15.5. The molecule has 2 nitrogen and oxygen atoms in total. The van der Waals surface area contributed by atoms with Crippen LogP contribution >= 0.6 is 11.6 Å². The second-order valence-corrected chi connectivity index (χ2v) is 5.35. The maximum Gasteiger partial charge on any atom is 0.123 e. The smallest absolute Gasteiger partial charge is 0.123 e. The molecule has 3 aromatic rings. The van der Waals surface area contributed by atoms with Gasteiger partial charge >= 0.3 is 0 Å². The summed E-state index contributed by atoms with van der Waals surface area (Å²) >= 11 is 5.90. The number of nitrogens with zero attached hydrogens (tertiary/aromatic N) is 1. The molecule has 22 heavy (non-hydrogen) atoms. The van der Waals surface area contributed by atoms with E-state index in [9.17, 15) is 9.50 Å². The van der Waals surface area contributed by atoms with E-state index < -0.39 is 0 Å². The normalized spacial score (nSPS) is 10.7. The summed E-state index contributed by atoms with van der Waals surface area (Å²) in [6.45, 7) is -0.0860. The van der Waals surface area contributed by atoms with Crippen LogP contribution in [0.5, 0.6) is 0 Å². The topological polar surface area (TPSA) is 33.1 Å². The number of aliphatic hydroxyl groups is 1. The summed E-state index contributed by atoms with van der Waals surface area (Å²) in [7, 11) is 0. The van der Waals surface area contributed by atoms with Gasteiger partial charge in [0.05, 0.1) is 18.0 Å². The summed E-state index contributed by atoms with van der Waals surface area (Å²) in [6.07, 6.45) is 0. The van der Waals surface area contributed by atoms with Gasteiger partial charge in [0, 0.05) is 16.1 Å². The number of benzene rings is 2. The zero-order valence-electron chi connectivity index (χ0n) is 11.6. The summed E-state index contributed by atoms with van der Waals surface area (Å²) < 4.78 is 13.1. The Morgan fingerprint density at radius 1 is 0.864 bits per heavy atom. The lowest BCUT2D eigenvalue weighted by Crippen LogP contribution is -1.93. The molecule has 0 fully saturated rings. The van der Waals surface area contributed by atoms with Gasteiger partial charge in [-0.1, -0.05) is 23.7 Å². The van der Waals surface area contributed by atoms with Crippen molar-refractivity contribution in [1.82, 2.24) is 4.98 Å². The lowest BCUT2D eigenvalue weighted by Gasteiger charge is -2.08. The predicted molar refractivity (Wildman–Crippen MR) is 86.0 cm³/mol. The van der Waals surface area contributed by atoms with Crippen LogP contribution in [0.2, 0.25) is 5.02 Å². The number of aliphatic hydroxyl groups excluding tert-OH is 1. The van der Waals surface area contributed by atoms with E-state index in [2.05, 4.69) is 4.98 Å². The molecule has 0 saturated heterocycles. The Balaban J connectivity index is 2.10. The second kappa shape index (κ2) is 6.26. The lowest BCUT2D eigenvalue weighted by atomic mass is 10.0. The third kappa shape index (κ3) is 3.16. The van der Waals surface area contributed by atoms with Gasteiger partial charge in [-0.05, 0) is 54.1 Å². The molecule has 0 aliphatic rings. The van der Waals surface area contributed by atoms with E-state index in [4.69, 9.17) is 11.6 Å². The number of pyridine rings is 1. The van der Waals surface area contributed by atoms with Gasteiger partial charge in [-0.15, -0.1) is 0 Å². The van der Waals surface area contributed by atoms with Gasteiger partial charge in [-0.2, -0.15) is 0 Å². The molecule has 1 heterocycles. The van der Waals surface area contributed by atoms with E-state index >= 15 is 0 Å². The molecule has 1 aromatic heterocycles. The van der Waals surface area contributed by atoms with E-state index in [1.165, 1.54) is 12.1 Å². The van der Waals surface area contributed by atoms with Crippen LogP contribution in [0, 0.1) is 5.82 Å². The van der Waals surface area contributed by atoms with Gasteiger partial charge < -0.3 is 5.11 Å². The number of halogens is 2. The van der Waals surface area contributed by atoms with Crippen molar-refractivity contribution in [3.05, 3.63) is 77.1 Å². The van der Waals surface area contributed by atoms with Gasteiger partial charge in [0.25, 0.3) is 0 Å². The van der Waals surface area contributed by atoms with Crippen molar-refractivity contribution in [2.24, 2.45) is 0 Å². The van der Waals surface area contributed by atoms with Crippen molar-refractivity contribution >= 4 is 11.6 Å². The van der Waals surface area contributed by atoms with Gasteiger partial charge in [0.15, 0.2) is 0 Å². The SMILES string of the molecule is OCc1cc(-c2ccc(F)cc2)nc(-c2ccc(Cl)cc2)c1. The first kappa shape index (κ1) is 14.7. The van der Waals surface area contributed by atoms with E-state index in [-0.39, 0.29) is 12.4 Å². The number of hydrogen-bond donors (Lipinski definition) is 1. The Kier molecular flexibility index (Phi) is 4.18. The highest BCUT2D eigenvalue weighted by Gasteiger charge is 2.07. The lowest BCUT2D eigenvalue weighted by molar-refractivity contribution is 0.282. The van der Waals surface area contributed by atoms with Crippen LogP contribution in [0.1, 0.15) is 5.56 Å². The molecule has 3 rings (SSSR count). The Labute approximate surface area is 132 Å². The number of rotatable bonds is 3. The van der Waals surface area contributed by atoms with Crippen molar-refractivity contribution in [3.63, 3.8) is 0 Å². The van der Waals surface area contributed by atoms with Gasteiger partial charge in [-0.25, -0.2) is 9.37 Å². The fraction of sp³-hybridized carbons (Fsp3) is 0.0556. The monoisotopic (exact) mass is 313 g/mol. The molecule has 0 bridgehead atoms. The van der Waals surface area contributed by atoms with Crippen molar-refractivity contribution in [1.29, 1.82) is 0 Å². The Bertz CT molecular complexity index is 721. The maximum absolute atomic E-state index is 13.1. The van der Waals surface area contributed by atoms with Crippen LogP contribution in [-0.4, -0.2) is 10.1 Å². The summed E-state index contributed by atoms with van der Waals surface area (Å²) in [5, 5.41) is 10.1. The van der Waals surface area contributed by atoms with Gasteiger partial charge in [-0.3, -0.25) is 0 Å². The van der Waals surface area contributed by atoms with E-state index in [1.54, 1.807) is 30.3 Å². The molecule has 0 aliphatic carbocycles. The molecule has 0 radical (unpaired) electrons. The highest BCUT2D eigenvalue weighted by molar-refractivity contribution is 6.30. The third-order valence-electron chi connectivity index (χ3n) is 3.35. The van der Waals surface area contributed by atoms with Crippen LogP contribution < -0.4 is 0 Å². The Hall–Kier alpha value is -2.23. The van der Waals surface area contributed by atoms with Crippen LogP contribution in [-0.2, 0) is 6.61 Å². The molecule has 0 spiro atoms. The highest BCUT2D eigenvalue weighted by atomic mass is 35.5. The molecule has 0 aliphatic heterocycles. The molecule has 0 saturated carbocycles. The molecule has 1 N–H and O–H groups in total. The first-order valence-corrected chi connectivity index (χ1v) is 7.17. The minimum atomic E-state index is -0.292. The first-order chi connectivity index (χ1) is 10.7. The third-order valence-corrected chi connectivity index (χ3v) is 3.60. The maximum atomic E-state index is 13.1. The van der Waals surface area contributed by atoms with Gasteiger partial charge in [0.1, 0.15) is 5.82 Å². The average Bonchev–Trinajstić information content (AvgIpc) is 2.55. The van der Waals surface area contributed by atoms with Gasteiger partial charge in [0.2, 0.25) is 0 Å². The molecule has 0 amide bonds. The van der Waals surface area contributed by atoms with E-state index in [1.807, 2.05) is 18.2 Å². The van der Waals surface area contributed by atoms with Crippen molar-refractivity contribution in [3.8, 4) is 22.5 Å². The molecule has 4 heteroatoms. The molecular formula is C18H13ClFNO. The molecular weight excluding hydrogens is 301 g/mol. The zero-order valence-corrected chi connectivity index (χ0v) is 12.4. The van der Waals surface area contributed by atoms with Crippen LogP contribution in [0.25, 0.3) is 22.5 Å². The van der Waals surface area contributed by atoms with E-state index in [0.29, 0.717) is 10.7 Å². The Morgan fingerprint density at radius 2 is 1.36 bits per heavy atom. The minimum Gasteiger partial charge on any atom is -0.392 e. The van der Waals surface area contributed by atoms with Crippen LogP contribution in [0.3, 0.4) is 0 Å².